The first-order valence-corrected chi connectivity index (χ1v) is 6.46. The number of nitrogens with one attached hydrogen (secondary N) is 2. The maximum atomic E-state index is 13.2. The molecule has 0 aliphatic rings. The minimum atomic E-state index is -0.528. The molecule has 0 fully saturated rings. The van der Waals surface area contributed by atoms with Gasteiger partial charge in [0, 0.05) is 0 Å². The molecule has 0 amide bonds. The molecule has 0 spiro atoms. The smallest absolute Gasteiger partial charge is 0.226 e. The number of nitrogens with zero attached hydrogens (tertiary/aromatic N) is 3. The molecule has 102 valence electrons. The molecule has 20 heavy (non-hydrogen) atoms. The van der Waals surface area contributed by atoms with Gasteiger partial charge in [-0.3, -0.25) is 5.10 Å². The zero-order valence-electron chi connectivity index (χ0n) is 9.59. The van der Waals surface area contributed by atoms with Crippen LogP contribution >= 0.6 is 34.8 Å². The van der Waals surface area contributed by atoms with Crippen LogP contribution in [0.5, 0.6) is 0 Å². The van der Waals surface area contributed by atoms with E-state index in [1.54, 1.807) is 0 Å². The number of halogens is 4. The lowest BCUT2D eigenvalue weighted by molar-refractivity contribution is 0.628. The summed E-state index contributed by atoms with van der Waals surface area (Å²) < 4.78 is 13.2. The highest BCUT2D eigenvalue weighted by Crippen LogP contribution is 2.35. The van der Waals surface area contributed by atoms with Crippen molar-refractivity contribution in [3.05, 3.63) is 39.5 Å². The molecule has 5 nitrogen and oxygen atoms in total. The van der Waals surface area contributed by atoms with E-state index in [0.717, 1.165) is 12.1 Å². The standard InChI is InChI=1S/C11H5Cl3FN5/c12-6-1-4(15)2-7(13)8(6)17-9-5-3-16-20-10(5)19-11(14)18-9/h1-3H,(H2,16,17,18,19,20). The number of aromatic nitrogens is 4. The number of H-pyrrole nitrogens is 1. The number of benzene rings is 1. The number of hydrogen-bond acceptors (Lipinski definition) is 4. The highest BCUT2D eigenvalue weighted by molar-refractivity contribution is 6.39. The van der Waals surface area contributed by atoms with Gasteiger partial charge in [0.05, 0.1) is 27.3 Å². The van der Waals surface area contributed by atoms with Crippen molar-refractivity contribution >= 4 is 57.3 Å². The summed E-state index contributed by atoms with van der Waals surface area (Å²) in [5, 5.41) is 10.3. The van der Waals surface area contributed by atoms with Crippen LogP contribution in [-0.2, 0) is 0 Å². The van der Waals surface area contributed by atoms with Crippen LogP contribution in [0.3, 0.4) is 0 Å². The monoisotopic (exact) mass is 331 g/mol. The van der Waals surface area contributed by atoms with Gasteiger partial charge in [-0.05, 0) is 23.7 Å². The summed E-state index contributed by atoms with van der Waals surface area (Å²) in [6, 6.07) is 2.29. The molecule has 9 heteroatoms. The SMILES string of the molecule is Fc1cc(Cl)c(Nc2nc(Cl)nc3[nH]ncc23)c(Cl)c1. The molecule has 3 rings (SSSR count). The number of anilines is 2. The quantitative estimate of drug-likeness (QED) is 0.690. The zero-order chi connectivity index (χ0) is 14.3. The fourth-order valence-electron chi connectivity index (χ4n) is 1.68. The Labute approximate surface area is 127 Å². The van der Waals surface area contributed by atoms with Gasteiger partial charge in [0.1, 0.15) is 11.6 Å². The molecular formula is C11H5Cl3FN5. The Bertz CT molecular complexity index is 781. The maximum Gasteiger partial charge on any atom is 0.226 e. The van der Waals surface area contributed by atoms with Gasteiger partial charge in [-0.1, -0.05) is 23.2 Å². The number of hydrogen-bond donors (Lipinski definition) is 2. The highest BCUT2D eigenvalue weighted by Gasteiger charge is 2.13. The lowest BCUT2D eigenvalue weighted by Gasteiger charge is -2.10. The average molecular weight is 333 g/mol. The molecule has 0 saturated heterocycles. The molecule has 2 aromatic heterocycles. The molecular weight excluding hydrogens is 328 g/mol. The molecule has 3 aromatic rings. The van der Waals surface area contributed by atoms with Crippen molar-refractivity contribution in [1.82, 2.24) is 20.2 Å². The minimum Gasteiger partial charge on any atom is -0.337 e. The number of rotatable bonds is 2. The Hall–Kier alpha value is -1.63. The Balaban J connectivity index is 2.12. The third kappa shape index (κ3) is 2.37. The van der Waals surface area contributed by atoms with Crippen LogP contribution in [-0.4, -0.2) is 20.2 Å². The first-order valence-electron chi connectivity index (χ1n) is 5.33. The van der Waals surface area contributed by atoms with Crippen LogP contribution in [0.25, 0.3) is 11.0 Å². The van der Waals surface area contributed by atoms with E-state index in [-0.39, 0.29) is 15.3 Å². The Morgan fingerprint density at radius 3 is 2.50 bits per heavy atom. The van der Waals surface area contributed by atoms with Crippen molar-refractivity contribution in [2.45, 2.75) is 0 Å². The van der Waals surface area contributed by atoms with E-state index in [1.165, 1.54) is 6.20 Å². The summed E-state index contributed by atoms with van der Waals surface area (Å²) in [7, 11) is 0. The van der Waals surface area contributed by atoms with Crippen LogP contribution in [0.1, 0.15) is 0 Å². The summed E-state index contributed by atoms with van der Waals surface area (Å²) >= 11 is 17.7. The Morgan fingerprint density at radius 2 is 1.80 bits per heavy atom. The Kier molecular flexibility index (Phi) is 3.37. The molecule has 0 aliphatic carbocycles. The molecule has 1 aromatic carbocycles. The summed E-state index contributed by atoms with van der Waals surface area (Å²) in [6.45, 7) is 0. The largest absolute Gasteiger partial charge is 0.337 e. The first kappa shape index (κ1) is 13.4. The molecule has 0 radical (unpaired) electrons. The Morgan fingerprint density at radius 1 is 1.10 bits per heavy atom. The van der Waals surface area contributed by atoms with Crippen LogP contribution < -0.4 is 5.32 Å². The normalized spacial score (nSPS) is 11.0. The van der Waals surface area contributed by atoms with E-state index >= 15 is 0 Å². The van der Waals surface area contributed by atoms with Crippen molar-refractivity contribution in [3.8, 4) is 0 Å². The first-order chi connectivity index (χ1) is 9.54. The van der Waals surface area contributed by atoms with E-state index in [4.69, 9.17) is 34.8 Å². The van der Waals surface area contributed by atoms with E-state index in [9.17, 15) is 4.39 Å². The summed E-state index contributed by atoms with van der Waals surface area (Å²) in [6.07, 6.45) is 1.53. The van der Waals surface area contributed by atoms with Gasteiger partial charge < -0.3 is 5.32 Å². The maximum absolute atomic E-state index is 13.2. The van der Waals surface area contributed by atoms with E-state index in [1.807, 2.05) is 0 Å². The van der Waals surface area contributed by atoms with E-state index < -0.39 is 5.82 Å². The van der Waals surface area contributed by atoms with Crippen molar-refractivity contribution < 1.29 is 4.39 Å². The predicted octanol–water partition coefficient (Wildman–Crippen LogP) is 4.20. The third-order valence-electron chi connectivity index (χ3n) is 2.53. The second kappa shape index (κ2) is 5.05. The molecule has 2 N–H and O–H groups in total. The van der Waals surface area contributed by atoms with E-state index in [0.29, 0.717) is 22.5 Å². The van der Waals surface area contributed by atoms with Gasteiger partial charge in [0.2, 0.25) is 5.28 Å². The summed E-state index contributed by atoms with van der Waals surface area (Å²) in [5.74, 6) is -0.163. The van der Waals surface area contributed by atoms with Crippen LogP contribution in [0, 0.1) is 5.82 Å². The van der Waals surface area contributed by atoms with Gasteiger partial charge in [-0.15, -0.1) is 0 Å². The number of fused-ring (bicyclic) bond motifs is 1. The van der Waals surface area contributed by atoms with Gasteiger partial charge >= 0.3 is 0 Å². The van der Waals surface area contributed by atoms with Crippen LogP contribution in [0.2, 0.25) is 15.3 Å². The topological polar surface area (TPSA) is 66.5 Å². The molecule has 0 atom stereocenters. The highest BCUT2D eigenvalue weighted by atomic mass is 35.5. The van der Waals surface area contributed by atoms with Crippen LogP contribution in [0.4, 0.5) is 15.9 Å². The lowest BCUT2D eigenvalue weighted by atomic mass is 10.3. The minimum absolute atomic E-state index is 0.0265. The fraction of sp³-hybridized carbons (Fsp3) is 0. The second-order valence-electron chi connectivity index (χ2n) is 3.84. The van der Waals surface area contributed by atoms with Gasteiger partial charge in [0.15, 0.2) is 5.65 Å². The second-order valence-corrected chi connectivity index (χ2v) is 5.00. The third-order valence-corrected chi connectivity index (χ3v) is 3.30. The molecule has 0 unspecified atom stereocenters. The summed E-state index contributed by atoms with van der Waals surface area (Å²) in [5.41, 5.74) is 0.786. The van der Waals surface area contributed by atoms with Gasteiger partial charge in [-0.25, -0.2) is 4.39 Å². The predicted molar refractivity (Wildman–Crippen MR) is 76.4 cm³/mol. The molecule has 2 heterocycles. The van der Waals surface area contributed by atoms with Crippen molar-refractivity contribution in [2.24, 2.45) is 0 Å². The van der Waals surface area contributed by atoms with Crippen molar-refractivity contribution in [3.63, 3.8) is 0 Å². The molecule has 0 saturated carbocycles. The van der Waals surface area contributed by atoms with Crippen molar-refractivity contribution in [1.29, 1.82) is 0 Å². The fourth-order valence-corrected chi connectivity index (χ4v) is 2.41. The summed E-state index contributed by atoms with van der Waals surface area (Å²) in [4.78, 5) is 8.01. The zero-order valence-corrected chi connectivity index (χ0v) is 11.9. The van der Waals surface area contributed by atoms with Gasteiger partial charge in [-0.2, -0.15) is 15.1 Å². The average Bonchev–Trinajstić information content (AvgIpc) is 2.81. The van der Waals surface area contributed by atoms with Gasteiger partial charge in [0.25, 0.3) is 0 Å². The molecule has 0 bridgehead atoms. The lowest BCUT2D eigenvalue weighted by Crippen LogP contribution is -1.98. The van der Waals surface area contributed by atoms with Crippen LogP contribution in [0.15, 0.2) is 18.3 Å². The number of aromatic amines is 1. The van der Waals surface area contributed by atoms with Crippen molar-refractivity contribution in [2.75, 3.05) is 5.32 Å². The molecule has 0 aliphatic heterocycles. The van der Waals surface area contributed by atoms with E-state index in [2.05, 4.69) is 25.5 Å².